The molecule has 0 aromatic heterocycles. The molecule has 0 saturated heterocycles. The average molecular weight is 383 g/mol. The van der Waals surface area contributed by atoms with Gasteiger partial charge in [0, 0.05) is 26.4 Å². The molecule has 0 rings (SSSR count). The highest BCUT2D eigenvalue weighted by Gasteiger charge is 2.22. The molecular formula is C16H38O4SSi2. The molecule has 4 nitrogen and oxygen atoms in total. The number of hydrogen-bond acceptors (Lipinski definition) is 5. The summed E-state index contributed by atoms with van der Waals surface area (Å²) in [6.45, 7) is 15.9. The predicted octanol–water partition coefficient (Wildman–Crippen LogP) is 3.87. The largest absolute Gasteiger partial charge is 0.397 e. The van der Waals surface area contributed by atoms with E-state index in [1.54, 1.807) is 0 Å². The van der Waals surface area contributed by atoms with Crippen molar-refractivity contribution in [1.82, 2.24) is 0 Å². The van der Waals surface area contributed by atoms with E-state index in [9.17, 15) is 0 Å². The second-order valence-corrected chi connectivity index (χ2v) is 12.0. The molecule has 0 fully saturated rings. The molecule has 7 heteroatoms. The average Bonchev–Trinajstić information content (AvgIpc) is 2.53. The Labute approximate surface area is 151 Å². The molecule has 140 valence electrons. The van der Waals surface area contributed by atoms with Crippen LogP contribution in [-0.2, 0) is 17.7 Å². The van der Waals surface area contributed by atoms with Gasteiger partial charge in [0.25, 0.3) is 0 Å². The normalized spacial score (nSPS) is 14.6. The van der Waals surface area contributed by atoms with E-state index in [1.165, 1.54) is 24.3 Å². The smallest absolute Gasteiger partial charge is 0.324 e. The van der Waals surface area contributed by atoms with Gasteiger partial charge in [0.15, 0.2) is 0 Å². The van der Waals surface area contributed by atoms with Crippen molar-refractivity contribution in [3.8, 4) is 0 Å². The summed E-state index contributed by atoms with van der Waals surface area (Å²) in [4.78, 5) is 0. The molecule has 0 N–H and O–H groups in total. The quantitative estimate of drug-likeness (QED) is 0.299. The van der Waals surface area contributed by atoms with Gasteiger partial charge >= 0.3 is 18.6 Å². The Bertz CT molecular complexity index is 226. The van der Waals surface area contributed by atoms with E-state index in [2.05, 4.69) is 41.5 Å². The van der Waals surface area contributed by atoms with Crippen LogP contribution >= 0.6 is 11.8 Å². The van der Waals surface area contributed by atoms with Crippen molar-refractivity contribution in [3.63, 3.8) is 0 Å². The molecule has 0 amide bonds. The van der Waals surface area contributed by atoms with Crippen LogP contribution in [0.2, 0.25) is 11.1 Å². The van der Waals surface area contributed by atoms with Crippen LogP contribution in [0.25, 0.3) is 0 Å². The van der Waals surface area contributed by atoms with Gasteiger partial charge < -0.3 is 17.7 Å². The minimum absolute atomic E-state index is 0.578. The van der Waals surface area contributed by atoms with Gasteiger partial charge in [-0.3, -0.25) is 0 Å². The fourth-order valence-electron chi connectivity index (χ4n) is 2.32. The van der Waals surface area contributed by atoms with Gasteiger partial charge in [-0.05, 0) is 63.1 Å². The Morgan fingerprint density at radius 1 is 0.652 bits per heavy atom. The topological polar surface area (TPSA) is 36.9 Å². The lowest BCUT2D eigenvalue weighted by atomic mass is 10.4. The summed E-state index contributed by atoms with van der Waals surface area (Å²) in [6, 6.07) is 0. The van der Waals surface area contributed by atoms with E-state index in [1.807, 2.05) is 11.8 Å². The highest BCUT2D eigenvalue weighted by Crippen LogP contribution is 2.23. The third-order valence-electron chi connectivity index (χ3n) is 3.69. The van der Waals surface area contributed by atoms with Gasteiger partial charge in [0.1, 0.15) is 0 Å². The molecule has 0 aromatic rings. The van der Waals surface area contributed by atoms with Crippen LogP contribution in [0.5, 0.6) is 0 Å². The molecule has 0 spiro atoms. The Morgan fingerprint density at radius 2 is 0.957 bits per heavy atom. The molecule has 0 aliphatic rings. The zero-order valence-corrected chi connectivity index (χ0v) is 19.1. The molecule has 0 saturated carbocycles. The number of thioether (sulfide) groups is 1. The minimum atomic E-state index is -1.48. The second kappa shape index (κ2) is 16.1. The van der Waals surface area contributed by atoms with Crippen LogP contribution in [0, 0.1) is 0 Å². The van der Waals surface area contributed by atoms with Crippen LogP contribution in [0.3, 0.4) is 0 Å². The Kier molecular flexibility index (Phi) is 16.5. The Hall–Kier alpha value is 0.624. The van der Waals surface area contributed by atoms with E-state index in [-0.39, 0.29) is 0 Å². The van der Waals surface area contributed by atoms with Crippen molar-refractivity contribution in [1.29, 1.82) is 0 Å². The van der Waals surface area contributed by atoms with E-state index in [0.717, 1.165) is 26.4 Å². The maximum Gasteiger partial charge on any atom is 0.324 e. The molecule has 0 aliphatic carbocycles. The van der Waals surface area contributed by atoms with Crippen LogP contribution < -0.4 is 0 Å². The maximum atomic E-state index is 5.80. The van der Waals surface area contributed by atoms with Gasteiger partial charge in [-0.2, -0.15) is 11.8 Å². The minimum Gasteiger partial charge on any atom is -0.397 e. The summed E-state index contributed by atoms with van der Waals surface area (Å²) < 4.78 is 23.2. The van der Waals surface area contributed by atoms with Crippen LogP contribution in [0.1, 0.15) is 54.4 Å². The summed E-state index contributed by atoms with van der Waals surface area (Å²) >= 11 is 2.04. The molecule has 23 heavy (non-hydrogen) atoms. The maximum absolute atomic E-state index is 5.80. The molecule has 0 aromatic carbocycles. The summed E-state index contributed by atoms with van der Waals surface area (Å²) in [5.74, 6) is 2.38. The van der Waals surface area contributed by atoms with Gasteiger partial charge in [0.05, 0.1) is 0 Å². The van der Waals surface area contributed by atoms with Crippen molar-refractivity contribution in [3.05, 3.63) is 0 Å². The molecular weight excluding hydrogens is 344 g/mol. The van der Waals surface area contributed by atoms with Gasteiger partial charge in [0.2, 0.25) is 0 Å². The van der Waals surface area contributed by atoms with Crippen LogP contribution in [0.15, 0.2) is 0 Å². The fraction of sp³-hybridized carbons (Fsp3) is 1.00. The summed E-state index contributed by atoms with van der Waals surface area (Å²) in [5.41, 5.74) is 1.16. The molecule has 2 atom stereocenters. The summed E-state index contributed by atoms with van der Waals surface area (Å²) in [7, 11) is -2.96. The zero-order chi connectivity index (χ0) is 17.5. The van der Waals surface area contributed by atoms with Gasteiger partial charge in [-0.15, -0.1) is 0 Å². The molecule has 0 aliphatic heterocycles. The van der Waals surface area contributed by atoms with Crippen molar-refractivity contribution in [2.75, 3.05) is 37.9 Å². The van der Waals surface area contributed by atoms with E-state index in [0.29, 0.717) is 11.1 Å². The van der Waals surface area contributed by atoms with Crippen molar-refractivity contribution in [2.45, 2.75) is 65.5 Å². The highest BCUT2D eigenvalue weighted by molar-refractivity contribution is 7.99. The monoisotopic (exact) mass is 382 g/mol. The first-order valence-electron chi connectivity index (χ1n) is 9.14. The lowest BCUT2D eigenvalue weighted by Gasteiger charge is -2.22. The first-order valence-corrected chi connectivity index (χ1v) is 13.5. The van der Waals surface area contributed by atoms with E-state index < -0.39 is 18.6 Å². The molecule has 0 heterocycles. The van der Waals surface area contributed by atoms with Crippen LogP contribution in [0.4, 0.5) is 0 Å². The third kappa shape index (κ3) is 11.7. The molecule has 0 radical (unpaired) electrons. The lowest BCUT2D eigenvalue weighted by molar-refractivity contribution is 0.204. The Balaban J connectivity index is 3.88. The van der Waals surface area contributed by atoms with Gasteiger partial charge in [-0.1, -0.05) is 13.8 Å². The third-order valence-corrected chi connectivity index (χ3v) is 9.91. The number of rotatable bonds is 16. The Morgan fingerprint density at radius 3 is 1.22 bits per heavy atom. The van der Waals surface area contributed by atoms with Crippen molar-refractivity contribution >= 4 is 30.3 Å². The van der Waals surface area contributed by atoms with Gasteiger partial charge in [-0.25, -0.2) is 0 Å². The lowest BCUT2D eigenvalue weighted by Crippen LogP contribution is -2.28. The van der Waals surface area contributed by atoms with Crippen molar-refractivity contribution < 1.29 is 17.7 Å². The van der Waals surface area contributed by atoms with Crippen molar-refractivity contribution in [2.24, 2.45) is 0 Å². The number of hydrogen-bond donors (Lipinski definition) is 0. The van der Waals surface area contributed by atoms with E-state index >= 15 is 0 Å². The van der Waals surface area contributed by atoms with Crippen LogP contribution in [-0.4, -0.2) is 56.5 Å². The fourth-order valence-corrected chi connectivity index (χ4v) is 7.79. The molecule has 0 bridgehead atoms. The standard InChI is InChI=1S/C16H38O4SSi2/c1-7-17-22(18-8-2)15(5)11-13-21-14-12-16(6)23(19-9-3)20-10-4/h15-16,22-23H,7-14H2,1-6H3. The first kappa shape index (κ1) is 23.6. The predicted molar refractivity (Wildman–Crippen MR) is 106 cm³/mol. The summed E-state index contributed by atoms with van der Waals surface area (Å²) in [6.07, 6.45) is 2.38. The first-order chi connectivity index (χ1) is 11.1. The molecule has 2 unspecified atom stereocenters. The zero-order valence-electron chi connectivity index (χ0n) is 16.0. The second-order valence-electron chi connectivity index (χ2n) is 5.70. The summed E-state index contributed by atoms with van der Waals surface area (Å²) in [5, 5.41) is 0. The SMILES string of the molecule is CCO[SiH](OCC)C(C)CCSCCC(C)[SiH](OCC)OCC. The highest BCUT2D eigenvalue weighted by atomic mass is 32.2. The van der Waals surface area contributed by atoms with E-state index in [4.69, 9.17) is 17.7 Å².